The van der Waals surface area contributed by atoms with Gasteiger partial charge in [-0.15, -0.1) is 0 Å². The van der Waals surface area contributed by atoms with Crippen molar-refractivity contribution in [3.8, 4) is 0 Å². The van der Waals surface area contributed by atoms with E-state index in [1.165, 1.54) is 4.90 Å². The van der Waals surface area contributed by atoms with E-state index >= 15 is 0 Å². The van der Waals surface area contributed by atoms with E-state index in [-0.39, 0.29) is 12.3 Å². The predicted octanol–water partition coefficient (Wildman–Crippen LogP) is 3.34. The number of anilines is 1. The van der Waals surface area contributed by atoms with Gasteiger partial charge < -0.3 is 15.5 Å². The molecule has 0 aliphatic carbocycles. The molecule has 178 valence electrons. The molecule has 2 N–H and O–H groups in total. The van der Waals surface area contributed by atoms with Gasteiger partial charge in [-0.3, -0.25) is 14.4 Å². The van der Waals surface area contributed by atoms with Gasteiger partial charge in [-0.05, 0) is 30.7 Å². The molecule has 0 aromatic heterocycles. The molecular weight excluding hydrogens is 464 g/mol. The van der Waals surface area contributed by atoms with Crippen LogP contribution < -0.4 is 15.5 Å². The summed E-state index contributed by atoms with van der Waals surface area (Å²) in [6, 6.07) is 23.0. The van der Waals surface area contributed by atoms with Crippen LogP contribution in [-0.2, 0) is 20.8 Å². The van der Waals surface area contributed by atoms with Gasteiger partial charge in [0.05, 0.1) is 17.8 Å². The highest BCUT2D eigenvalue weighted by Gasteiger charge is 2.32. The summed E-state index contributed by atoms with van der Waals surface area (Å²) < 4.78 is 0. The van der Waals surface area contributed by atoms with E-state index in [1.807, 2.05) is 60.7 Å². The fourth-order valence-corrected chi connectivity index (χ4v) is 4.04. The lowest BCUT2D eigenvalue weighted by Gasteiger charge is -2.22. The minimum absolute atomic E-state index is 0.149. The van der Waals surface area contributed by atoms with E-state index in [4.69, 9.17) is 11.6 Å². The molecule has 3 amide bonds. The van der Waals surface area contributed by atoms with Gasteiger partial charge in [0.1, 0.15) is 6.04 Å². The zero-order chi connectivity index (χ0) is 24.9. The van der Waals surface area contributed by atoms with Crippen LogP contribution in [0.2, 0.25) is 5.02 Å². The standard InChI is InChI=1S/C27H25ClN4O3/c1-17(29-23(33)15-18-9-5-3-6-10-18)26(34)31-25-27(35)32(2)22-14-13-20(28)16-21(22)24(30-25)19-11-7-4-8-12-19/h3-14,16-17,25H,15H2,1-2H3,(H,29,33)(H,31,34)/t17-,25+/m0/s1. The molecule has 2 atom stereocenters. The number of nitrogens with one attached hydrogen (secondary N) is 2. The maximum Gasteiger partial charge on any atom is 0.272 e. The number of halogens is 1. The SMILES string of the molecule is C[C@H](NC(=O)Cc1ccccc1)C(=O)N[C@H]1N=C(c2ccccc2)c2cc(Cl)ccc2N(C)C1=O. The van der Waals surface area contributed by atoms with Gasteiger partial charge in [-0.25, -0.2) is 4.99 Å². The van der Waals surface area contributed by atoms with Gasteiger partial charge in [0.25, 0.3) is 5.91 Å². The molecule has 0 fully saturated rings. The highest BCUT2D eigenvalue weighted by atomic mass is 35.5. The molecule has 0 saturated heterocycles. The number of carbonyl (C=O) groups is 3. The second-order valence-electron chi connectivity index (χ2n) is 8.27. The van der Waals surface area contributed by atoms with Gasteiger partial charge in [-0.2, -0.15) is 0 Å². The predicted molar refractivity (Wildman–Crippen MR) is 137 cm³/mol. The fourth-order valence-electron chi connectivity index (χ4n) is 3.87. The number of rotatable bonds is 6. The molecule has 0 unspecified atom stereocenters. The Morgan fingerprint density at radius 2 is 1.69 bits per heavy atom. The lowest BCUT2D eigenvalue weighted by Crippen LogP contribution is -2.52. The molecule has 35 heavy (non-hydrogen) atoms. The summed E-state index contributed by atoms with van der Waals surface area (Å²) in [7, 11) is 1.63. The topological polar surface area (TPSA) is 90.9 Å². The Hall–Kier alpha value is -3.97. The van der Waals surface area contributed by atoms with Gasteiger partial charge in [0.2, 0.25) is 18.0 Å². The van der Waals surface area contributed by atoms with Crippen LogP contribution in [0.1, 0.15) is 23.6 Å². The van der Waals surface area contributed by atoms with Crippen molar-refractivity contribution in [2.45, 2.75) is 25.6 Å². The minimum atomic E-state index is -1.18. The van der Waals surface area contributed by atoms with Gasteiger partial charge in [0.15, 0.2) is 0 Å². The van der Waals surface area contributed by atoms with Crippen LogP contribution >= 0.6 is 11.6 Å². The third kappa shape index (κ3) is 5.58. The van der Waals surface area contributed by atoms with E-state index in [2.05, 4.69) is 15.6 Å². The Labute approximate surface area is 208 Å². The first-order chi connectivity index (χ1) is 16.8. The van der Waals surface area contributed by atoms with Crippen molar-refractivity contribution in [2.24, 2.45) is 4.99 Å². The third-order valence-corrected chi connectivity index (χ3v) is 5.94. The monoisotopic (exact) mass is 488 g/mol. The number of benzene rings is 3. The number of hydrogen-bond donors (Lipinski definition) is 2. The van der Waals surface area contributed by atoms with Crippen molar-refractivity contribution in [3.63, 3.8) is 0 Å². The van der Waals surface area contributed by atoms with E-state index in [1.54, 1.807) is 32.2 Å². The van der Waals surface area contributed by atoms with Crippen LogP contribution in [0.3, 0.4) is 0 Å². The van der Waals surface area contributed by atoms with Crippen LogP contribution in [0, 0.1) is 0 Å². The smallest absolute Gasteiger partial charge is 0.272 e. The van der Waals surface area contributed by atoms with E-state index in [9.17, 15) is 14.4 Å². The maximum absolute atomic E-state index is 13.3. The highest BCUT2D eigenvalue weighted by Crippen LogP contribution is 2.29. The Morgan fingerprint density at radius 3 is 2.37 bits per heavy atom. The molecule has 0 spiro atoms. The molecule has 0 saturated carbocycles. The number of hydrogen-bond acceptors (Lipinski definition) is 4. The Kier molecular flexibility index (Phi) is 7.27. The Bertz CT molecular complexity index is 1280. The summed E-state index contributed by atoms with van der Waals surface area (Å²) in [5, 5.41) is 5.88. The summed E-state index contributed by atoms with van der Waals surface area (Å²) in [5.74, 6) is -1.22. The molecule has 0 bridgehead atoms. The normalized spacial score (nSPS) is 16.0. The van der Waals surface area contributed by atoms with Crippen LogP contribution in [0.15, 0.2) is 83.9 Å². The molecule has 3 aromatic rings. The van der Waals surface area contributed by atoms with E-state index in [0.29, 0.717) is 22.0 Å². The lowest BCUT2D eigenvalue weighted by atomic mass is 10.0. The van der Waals surface area contributed by atoms with Crippen molar-refractivity contribution in [1.29, 1.82) is 0 Å². The Balaban J connectivity index is 1.57. The number of nitrogens with zero attached hydrogens (tertiary/aromatic N) is 2. The summed E-state index contributed by atoms with van der Waals surface area (Å²) >= 11 is 6.27. The quantitative estimate of drug-likeness (QED) is 0.557. The average Bonchev–Trinajstić information content (AvgIpc) is 2.95. The number of aliphatic imine (C=N–C) groups is 1. The lowest BCUT2D eigenvalue weighted by molar-refractivity contribution is -0.130. The van der Waals surface area contributed by atoms with Gasteiger partial charge in [0, 0.05) is 23.2 Å². The number of benzodiazepines with no additional fused rings is 1. The number of fused-ring (bicyclic) bond motifs is 1. The minimum Gasteiger partial charge on any atom is -0.344 e. The molecule has 8 heteroatoms. The molecule has 4 rings (SSSR count). The van der Waals surface area contributed by atoms with Crippen molar-refractivity contribution >= 4 is 40.7 Å². The molecule has 1 aliphatic rings. The Morgan fingerprint density at radius 1 is 1.03 bits per heavy atom. The molecule has 0 radical (unpaired) electrons. The summed E-state index contributed by atoms with van der Waals surface area (Å²) in [5.41, 5.74) is 3.46. The fraction of sp³-hybridized carbons (Fsp3) is 0.185. The van der Waals surface area contributed by atoms with E-state index < -0.39 is 24.0 Å². The first kappa shape index (κ1) is 24.2. The van der Waals surface area contributed by atoms with Crippen LogP contribution in [0.5, 0.6) is 0 Å². The summed E-state index contributed by atoms with van der Waals surface area (Å²) in [6.07, 6.45) is -1.03. The summed E-state index contributed by atoms with van der Waals surface area (Å²) in [4.78, 5) is 44.7. The number of likely N-dealkylation sites (N-methyl/N-ethyl adjacent to an activating group) is 1. The molecule has 1 aliphatic heterocycles. The van der Waals surface area contributed by atoms with Crippen molar-refractivity contribution in [2.75, 3.05) is 11.9 Å². The van der Waals surface area contributed by atoms with Crippen molar-refractivity contribution in [3.05, 3.63) is 101 Å². The van der Waals surface area contributed by atoms with Crippen molar-refractivity contribution in [1.82, 2.24) is 10.6 Å². The third-order valence-electron chi connectivity index (χ3n) is 5.70. The molecule has 3 aromatic carbocycles. The highest BCUT2D eigenvalue weighted by molar-refractivity contribution is 6.32. The molecule has 1 heterocycles. The zero-order valence-electron chi connectivity index (χ0n) is 19.4. The number of carbonyl (C=O) groups excluding carboxylic acids is 3. The molecule has 7 nitrogen and oxygen atoms in total. The van der Waals surface area contributed by atoms with Gasteiger partial charge >= 0.3 is 0 Å². The average molecular weight is 489 g/mol. The second kappa shape index (κ2) is 10.5. The zero-order valence-corrected chi connectivity index (χ0v) is 20.1. The first-order valence-corrected chi connectivity index (χ1v) is 11.6. The maximum atomic E-state index is 13.3. The van der Waals surface area contributed by atoms with Gasteiger partial charge in [-0.1, -0.05) is 72.3 Å². The second-order valence-corrected chi connectivity index (χ2v) is 8.70. The van der Waals surface area contributed by atoms with Crippen LogP contribution in [-0.4, -0.2) is 42.7 Å². The largest absolute Gasteiger partial charge is 0.344 e. The molecular formula is C27H25ClN4O3. The summed E-state index contributed by atoms with van der Waals surface area (Å²) in [6.45, 7) is 1.57. The first-order valence-electron chi connectivity index (χ1n) is 11.2. The van der Waals surface area contributed by atoms with Crippen molar-refractivity contribution < 1.29 is 14.4 Å². The van der Waals surface area contributed by atoms with E-state index in [0.717, 1.165) is 11.1 Å². The van der Waals surface area contributed by atoms with Crippen LogP contribution in [0.4, 0.5) is 5.69 Å². The number of amides is 3. The van der Waals surface area contributed by atoms with Crippen LogP contribution in [0.25, 0.3) is 0 Å².